The van der Waals surface area contributed by atoms with Gasteiger partial charge in [-0.25, -0.2) is 4.79 Å². The van der Waals surface area contributed by atoms with Crippen molar-refractivity contribution in [3.05, 3.63) is 29.8 Å². The standard InChI is InChI=1S/C27H42O7/c1-6-8-9-10-11-12-13-14-15-17-26(29)34-24(20-33-25(28)16-7-2)21-18-22(30-3)27(32-5)23(19-21)31-4/h7,16,18-19,24H,6,8-15,17,20H2,1-5H3/b16-7+. The van der Waals surface area contributed by atoms with Crippen molar-refractivity contribution >= 4 is 11.9 Å². The molecule has 0 heterocycles. The summed E-state index contributed by atoms with van der Waals surface area (Å²) in [6.45, 7) is 3.83. The summed E-state index contributed by atoms with van der Waals surface area (Å²) < 4.78 is 27.2. The second kappa shape index (κ2) is 17.7. The number of carbonyl (C=O) groups excluding carboxylic acids is 2. The number of hydrogen-bond donors (Lipinski definition) is 0. The third kappa shape index (κ3) is 10.9. The normalized spacial score (nSPS) is 11.8. The first-order valence-corrected chi connectivity index (χ1v) is 12.3. The second-order valence-electron chi connectivity index (χ2n) is 8.15. The Bertz CT molecular complexity index is 732. The quantitative estimate of drug-likeness (QED) is 0.138. The highest BCUT2D eigenvalue weighted by atomic mass is 16.6. The zero-order valence-electron chi connectivity index (χ0n) is 21.5. The molecule has 192 valence electrons. The fourth-order valence-corrected chi connectivity index (χ4v) is 3.63. The zero-order valence-corrected chi connectivity index (χ0v) is 21.5. The van der Waals surface area contributed by atoms with Gasteiger partial charge >= 0.3 is 11.9 Å². The van der Waals surface area contributed by atoms with Crippen LogP contribution in [0.25, 0.3) is 0 Å². The highest BCUT2D eigenvalue weighted by molar-refractivity contribution is 5.81. The summed E-state index contributed by atoms with van der Waals surface area (Å²) in [7, 11) is 4.54. The van der Waals surface area contributed by atoms with Crippen LogP contribution in [0.4, 0.5) is 0 Å². The first-order chi connectivity index (χ1) is 16.5. The van der Waals surface area contributed by atoms with Crippen LogP contribution in [0, 0.1) is 0 Å². The van der Waals surface area contributed by atoms with Crippen molar-refractivity contribution in [3.63, 3.8) is 0 Å². The number of rotatable bonds is 18. The molecule has 0 radical (unpaired) electrons. The number of unbranched alkanes of at least 4 members (excludes halogenated alkanes) is 8. The lowest BCUT2D eigenvalue weighted by Gasteiger charge is -2.21. The average molecular weight is 479 g/mol. The molecule has 1 unspecified atom stereocenters. The number of esters is 2. The highest BCUT2D eigenvalue weighted by Gasteiger charge is 2.23. The van der Waals surface area contributed by atoms with Gasteiger partial charge < -0.3 is 23.7 Å². The molecule has 1 atom stereocenters. The van der Waals surface area contributed by atoms with Crippen molar-refractivity contribution in [1.29, 1.82) is 0 Å². The molecule has 1 rings (SSSR count). The van der Waals surface area contributed by atoms with Gasteiger partial charge in [-0.3, -0.25) is 4.79 Å². The van der Waals surface area contributed by atoms with Gasteiger partial charge in [0.05, 0.1) is 21.3 Å². The molecular weight excluding hydrogens is 436 g/mol. The maximum atomic E-state index is 12.6. The zero-order chi connectivity index (χ0) is 25.2. The molecule has 0 aliphatic rings. The van der Waals surface area contributed by atoms with Crippen LogP contribution in [0.5, 0.6) is 17.2 Å². The Morgan fingerprint density at radius 3 is 1.91 bits per heavy atom. The van der Waals surface area contributed by atoms with E-state index in [9.17, 15) is 9.59 Å². The molecular formula is C27H42O7. The maximum Gasteiger partial charge on any atom is 0.330 e. The molecule has 0 aliphatic carbocycles. The molecule has 0 amide bonds. The van der Waals surface area contributed by atoms with Gasteiger partial charge in [-0.05, 0) is 25.5 Å². The van der Waals surface area contributed by atoms with Crippen molar-refractivity contribution < 1.29 is 33.3 Å². The van der Waals surface area contributed by atoms with Crippen LogP contribution in [-0.2, 0) is 19.1 Å². The first kappa shape index (κ1) is 29.3. The van der Waals surface area contributed by atoms with E-state index < -0.39 is 12.1 Å². The lowest BCUT2D eigenvalue weighted by Crippen LogP contribution is -2.18. The van der Waals surface area contributed by atoms with Crippen LogP contribution in [0.2, 0.25) is 0 Å². The SMILES string of the molecule is C/C=C/C(=O)OCC(OC(=O)CCCCCCCCCCC)c1cc(OC)c(OC)c(OC)c1. The Morgan fingerprint density at radius 1 is 0.853 bits per heavy atom. The van der Waals surface area contributed by atoms with Crippen LogP contribution < -0.4 is 14.2 Å². The monoisotopic (exact) mass is 478 g/mol. The van der Waals surface area contributed by atoms with Gasteiger partial charge in [0, 0.05) is 18.1 Å². The Balaban J connectivity index is 2.74. The third-order valence-electron chi connectivity index (χ3n) is 5.50. The van der Waals surface area contributed by atoms with Crippen LogP contribution in [0.3, 0.4) is 0 Å². The molecule has 0 saturated carbocycles. The maximum absolute atomic E-state index is 12.6. The van der Waals surface area contributed by atoms with Gasteiger partial charge in [0.25, 0.3) is 0 Å². The number of hydrogen-bond acceptors (Lipinski definition) is 7. The number of methoxy groups -OCH3 is 3. The average Bonchev–Trinajstić information content (AvgIpc) is 2.84. The summed E-state index contributed by atoms with van der Waals surface area (Å²) >= 11 is 0. The molecule has 0 spiro atoms. The van der Waals surface area contributed by atoms with E-state index in [0.717, 1.165) is 19.3 Å². The minimum Gasteiger partial charge on any atom is -0.493 e. The van der Waals surface area contributed by atoms with Crippen molar-refractivity contribution in [2.45, 2.75) is 84.2 Å². The van der Waals surface area contributed by atoms with Crippen molar-refractivity contribution in [2.75, 3.05) is 27.9 Å². The highest BCUT2D eigenvalue weighted by Crippen LogP contribution is 2.40. The fourth-order valence-electron chi connectivity index (χ4n) is 3.63. The van der Waals surface area contributed by atoms with E-state index in [1.165, 1.54) is 65.9 Å². The fraction of sp³-hybridized carbons (Fsp3) is 0.630. The molecule has 1 aromatic rings. The number of benzene rings is 1. The molecule has 1 aromatic carbocycles. The minimum absolute atomic E-state index is 0.120. The van der Waals surface area contributed by atoms with Crippen molar-refractivity contribution in [1.82, 2.24) is 0 Å². The Hall–Kier alpha value is -2.70. The van der Waals surface area contributed by atoms with Crippen LogP contribution in [0.15, 0.2) is 24.3 Å². The summed E-state index contributed by atoms with van der Waals surface area (Å²) in [6, 6.07) is 3.39. The lowest BCUT2D eigenvalue weighted by molar-refractivity contribution is -0.157. The van der Waals surface area contributed by atoms with Gasteiger partial charge in [-0.15, -0.1) is 0 Å². The summed E-state index contributed by atoms with van der Waals surface area (Å²) in [4.78, 5) is 24.4. The Morgan fingerprint density at radius 2 is 1.41 bits per heavy atom. The van der Waals surface area contributed by atoms with E-state index in [4.69, 9.17) is 23.7 Å². The summed E-state index contributed by atoms with van der Waals surface area (Å²) in [6.07, 6.45) is 12.9. The predicted octanol–water partition coefficient (Wildman–Crippen LogP) is 6.34. The number of ether oxygens (including phenoxy) is 5. The minimum atomic E-state index is -0.797. The topological polar surface area (TPSA) is 80.3 Å². The Kier molecular flexibility index (Phi) is 15.3. The second-order valence-corrected chi connectivity index (χ2v) is 8.15. The molecule has 0 aliphatic heterocycles. The number of carbonyl (C=O) groups is 2. The van der Waals surface area contributed by atoms with Crippen LogP contribution in [-0.4, -0.2) is 39.9 Å². The van der Waals surface area contributed by atoms with E-state index in [1.54, 1.807) is 25.1 Å². The lowest BCUT2D eigenvalue weighted by atomic mass is 10.1. The number of allylic oxidation sites excluding steroid dienone is 1. The molecule has 0 saturated heterocycles. The van der Waals surface area contributed by atoms with Gasteiger partial charge in [-0.2, -0.15) is 0 Å². The summed E-state index contributed by atoms with van der Waals surface area (Å²) in [5, 5.41) is 0. The molecule has 0 bridgehead atoms. The smallest absolute Gasteiger partial charge is 0.330 e. The third-order valence-corrected chi connectivity index (χ3v) is 5.50. The van der Waals surface area contributed by atoms with E-state index >= 15 is 0 Å². The van der Waals surface area contributed by atoms with E-state index in [0.29, 0.717) is 29.2 Å². The summed E-state index contributed by atoms with van der Waals surface area (Å²) in [5.41, 5.74) is 0.586. The van der Waals surface area contributed by atoms with Gasteiger partial charge in [0.15, 0.2) is 17.6 Å². The van der Waals surface area contributed by atoms with Gasteiger partial charge in [-0.1, -0.05) is 64.4 Å². The molecule has 0 N–H and O–H groups in total. The van der Waals surface area contributed by atoms with Crippen molar-refractivity contribution in [2.24, 2.45) is 0 Å². The molecule has 7 heteroatoms. The molecule has 7 nitrogen and oxygen atoms in total. The molecule has 0 fully saturated rings. The van der Waals surface area contributed by atoms with Crippen LogP contribution >= 0.6 is 0 Å². The first-order valence-electron chi connectivity index (χ1n) is 12.3. The summed E-state index contributed by atoms with van der Waals surface area (Å²) in [5.74, 6) is 0.450. The van der Waals surface area contributed by atoms with E-state index in [2.05, 4.69) is 6.92 Å². The predicted molar refractivity (Wildman–Crippen MR) is 133 cm³/mol. The van der Waals surface area contributed by atoms with E-state index in [-0.39, 0.29) is 12.6 Å². The van der Waals surface area contributed by atoms with Gasteiger partial charge in [0.2, 0.25) is 5.75 Å². The molecule has 34 heavy (non-hydrogen) atoms. The van der Waals surface area contributed by atoms with Gasteiger partial charge in [0.1, 0.15) is 6.61 Å². The van der Waals surface area contributed by atoms with Crippen LogP contribution in [0.1, 0.15) is 89.7 Å². The largest absolute Gasteiger partial charge is 0.493 e. The Labute approximate surface area is 204 Å². The van der Waals surface area contributed by atoms with Crippen molar-refractivity contribution in [3.8, 4) is 17.2 Å². The van der Waals surface area contributed by atoms with E-state index in [1.807, 2.05) is 0 Å². The molecule has 0 aromatic heterocycles.